The molecule has 1 aromatic heterocycles. The minimum absolute atomic E-state index is 0.00574. The quantitative estimate of drug-likeness (QED) is 0.676. The first-order valence-electron chi connectivity index (χ1n) is 3.61. The molecular weight excluding hydrogens is 161 g/mol. The van der Waals surface area contributed by atoms with Gasteiger partial charge in [0.1, 0.15) is 0 Å². The van der Waals surface area contributed by atoms with E-state index in [1.807, 2.05) is 0 Å². The van der Waals surface area contributed by atoms with E-state index in [1.165, 1.54) is 13.8 Å². The van der Waals surface area contributed by atoms with Gasteiger partial charge in [-0.15, -0.1) is 0 Å². The Bertz CT molecular complexity index is 264. The Hall–Kier alpha value is -1.13. The molecule has 0 aliphatic carbocycles. The lowest BCUT2D eigenvalue weighted by atomic mass is 10.2. The second-order valence-electron chi connectivity index (χ2n) is 3.27. The Morgan fingerprint density at radius 3 is 2.25 bits per heavy atom. The van der Waals surface area contributed by atoms with Crippen LogP contribution in [0.2, 0.25) is 0 Å². The summed E-state index contributed by atoms with van der Waals surface area (Å²) in [6, 6.07) is 0. The number of anilines is 1. The zero-order chi connectivity index (χ0) is 9.35. The molecule has 68 valence electrons. The Morgan fingerprint density at radius 1 is 1.42 bits per heavy atom. The summed E-state index contributed by atoms with van der Waals surface area (Å²) in [7, 11) is 3.53. The highest BCUT2D eigenvalue weighted by Crippen LogP contribution is 2.23. The average molecular weight is 173 g/mol. The van der Waals surface area contributed by atoms with Gasteiger partial charge in [0.05, 0.1) is 0 Å². The summed E-state index contributed by atoms with van der Waals surface area (Å²) in [6.07, 6.45) is 0. The number of hydrogen-bond donors (Lipinski definition) is 0. The third-order valence-corrected chi connectivity index (χ3v) is 1.32. The summed E-state index contributed by atoms with van der Waals surface area (Å²) in [5, 5.41) is 3.58. The fourth-order valence-electron chi connectivity index (χ4n) is 0.639. The van der Waals surface area contributed by atoms with Crippen LogP contribution in [0, 0.1) is 0 Å². The van der Waals surface area contributed by atoms with E-state index in [-0.39, 0.29) is 5.89 Å². The zero-order valence-electron chi connectivity index (χ0n) is 7.63. The molecule has 0 saturated heterocycles. The number of halogens is 1. The third kappa shape index (κ3) is 1.72. The lowest BCUT2D eigenvalue weighted by Gasteiger charge is -2.06. The summed E-state index contributed by atoms with van der Waals surface area (Å²) >= 11 is 0. The van der Waals surface area contributed by atoms with Crippen LogP contribution in [-0.4, -0.2) is 24.2 Å². The maximum absolute atomic E-state index is 13.2. The van der Waals surface area contributed by atoms with Crippen molar-refractivity contribution in [3.63, 3.8) is 0 Å². The molecule has 0 bridgehead atoms. The first-order valence-corrected chi connectivity index (χ1v) is 3.61. The molecule has 0 aliphatic heterocycles. The molecule has 5 heteroatoms. The molecule has 0 saturated carbocycles. The Morgan fingerprint density at radius 2 is 2.00 bits per heavy atom. The van der Waals surface area contributed by atoms with Crippen molar-refractivity contribution < 1.29 is 8.91 Å². The van der Waals surface area contributed by atoms with E-state index >= 15 is 0 Å². The van der Waals surface area contributed by atoms with Crippen LogP contribution in [0.1, 0.15) is 19.7 Å². The van der Waals surface area contributed by atoms with E-state index < -0.39 is 5.67 Å². The number of nitrogens with zero attached hydrogens (tertiary/aromatic N) is 3. The lowest BCUT2D eigenvalue weighted by Crippen LogP contribution is -2.12. The van der Waals surface area contributed by atoms with Crippen molar-refractivity contribution in [1.29, 1.82) is 0 Å². The van der Waals surface area contributed by atoms with Crippen LogP contribution < -0.4 is 4.90 Å². The summed E-state index contributed by atoms with van der Waals surface area (Å²) in [5.41, 5.74) is -1.57. The van der Waals surface area contributed by atoms with Gasteiger partial charge in [0.2, 0.25) is 0 Å². The maximum atomic E-state index is 13.2. The molecule has 1 aromatic rings. The predicted octanol–water partition coefficient (Wildman–Crippen LogP) is 1.34. The van der Waals surface area contributed by atoms with Crippen LogP contribution in [0.25, 0.3) is 0 Å². The van der Waals surface area contributed by atoms with Gasteiger partial charge in [-0.1, -0.05) is 0 Å². The summed E-state index contributed by atoms with van der Waals surface area (Å²) in [5.74, 6) is 0.391. The van der Waals surface area contributed by atoms with Crippen molar-refractivity contribution in [2.45, 2.75) is 19.5 Å². The topological polar surface area (TPSA) is 42.2 Å². The van der Waals surface area contributed by atoms with Gasteiger partial charge in [-0.05, 0) is 19.0 Å². The van der Waals surface area contributed by atoms with E-state index in [1.54, 1.807) is 19.0 Å². The van der Waals surface area contributed by atoms with E-state index in [0.717, 1.165) is 0 Å². The molecule has 0 aliphatic rings. The van der Waals surface area contributed by atoms with Crippen LogP contribution in [0.5, 0.6) is 0 Å². The van der Waals surface area contributed by atoms with Crippen molar-refractivity contribution >= 4 is 5.95 Å². The molecule has 0 unspecified atom stereocenters. The number of rotatable bonds is 2. The van der Waals surface area contributed by atoms with Crippen LogP contribution in [0.4, 0.5) is 10.3 Å². The van der Waals surface area contributed by atoms with Gasteiger partial charge in [-0.2, -0.15) is 4.98 Å². The normalized spacial score (nSPS) is 11.8. The molecule has 4 nitrogen and oxygen atoms in total. The summed E-state index contributed by atoms with van der Waals surface area (Å²) < 4.78 is 17.9. The molecule has 0 atom stereocenters. The highest BCUT2D eigenvalue weighted by atomic mass is 19.1. The molecule has 0 aromatic carbocycles. The van der Waals surface area contributed by atoms with Crippen LogP contribution in [0.3, 0.4) is 0 Å². The van der Waals surface area contributed by atoms with E-state index in [2.05, 4.69) is 10.1 Å². The molecular formula is C7H12FN3O. The first kappa shape index (κ1) is 8.96. The van der Waals surface area contributed by atoms with Crippen molar-refractivity contribution in [2.24, 2.45) is 0 Å². The van der Waals surface area contributed by atoms with Crippen molar-refractivity contribution in [3.8, 4) is 0 Å². The van der Waals surface area contributed by atoms with Gasteiger partial charge in [0.25, 0.3) is 11.8 Å². The molecule has 1 rings (SSSR count). The fourth-order valence-corrected chi connectivity index (χ4v) is 0.639. The molecule has 0 N–H and O–H groups in total. The molecule has 12 heavy (non-hydrogen) atoms. The smallest absolute Gasteiger partial charge is 0.265 e. The van der Waals surface area contributed by atoms with Gasteiger partial charge < -0.3 is 9.42 Å². The second-order valence-corrected chi connectivity index (χ2v) is 3.27. The predicted molar refractivity (Wildman–Crippen MR) is 42.8 cm³/mol. The number of hydrogen-bond acceptors (Lipinski definition) is 4. The highest BCUT2D eigenvalue weighted by molar-refractivity contribution is 5.24. The van der Waals surface area contributed by atoms with Gasteiger partial charge in [-0.25, -0.2) is 4.39 Å². The van der Waals surface area contributed by atoms with Crippen LogP contribution in [-0.2, 0) is 5.67 Å². The maximum Gasteiger partial charge on any atom is 0.265 e. The monoisotopic (exact) mass is 173 g/mol. The Labute approximate surface area is 70.4 Å². The molecule has 0 spiro atoms. The van der Waals surface area contributed by atoms with Crippen molar-refractivity contribution in [1.82, 2.24) is 10.1 Å². The van der Waals surface area contributed by atoms with Crippen LogP contribution in [0.15, 0.2) is 4.52 Å². The third-order valence-electron chi connectivity index (χ3n) is 1.32. The fraction of sp³-hybridized carbons (Fsp3) is 0.714. The lowest BCUT2D eigenvalue weighted by molar-refractivity contribution is 0.155. The zero-order valence-corrected chi connectivity index (χ0v) is 7.63. The molecule has 0 radical (unpaired) electrons. The van der Waals surface area contributed by atoms with Crippen LogP contribution >= 0.6 is 0 Å². The van der Waals surface area contributed by atoms with E-state index in [4.69, 9.17) is 4.52 Å². The Kier molecular flexibility index (Phi) is 2.04. The average Bonchev–Trinajstić information content (AvgIpc) is 2.30. The molecule has 0 fully saturated rings. The minimum Gasteiger partial charge on any atom is -0.344 e. The SMILES string of the molecule is CN(C)c1noc(C(C)(C)F)n1. The van der Waals surface area contributed by atoms with Crippen molar-refractivity contribution in [2.75, 3.05) is 19.0 Å². The van der Waals surface area contributed by atoms with E-state index in [0.29, 0.717) is 5.95 Å². The standard InChI is InChI=1S/C7H12FN3O/c1-7(2,8)5-9-6(10-12-5)11(3)4/h1-4H3. The Balaban J connectivity index is 2.92. The van der Waals surface area contributed by atoms with Gasteiger partial charge in [0, 0.05) is 14.1 Å². The van der Waals surface area contributed by atoms with Gasteiger partial charge >= 0.3 is 0 Å². The summed E-state index contributed by atoms with van der Waals surface area (Å²) in [4.78, 5) is 5.51. The highest BCUT2D eigenvalue weighted by Gasteiger charge is 2.26. The minimum atomic E-state index is -1.57. The number of alkyl halides is 1. The van der Waals surface area contributed by atoms with Crippen molar-refractivity contribution in [3.05, 3.63) is 5.89 Å². The summed E-state index contributed by atoms with van der Waals surface area (Å²) in [6.45, 7) is 2.75. The van der Waals surface area contributed by atoms with E-state index in [9.17, 15) is 4.39 Å². The molecule has 1 heterocycles. The second kappa shape index (κ2) is 2.73. The number of aromatic nitrogens is 2. The van der Waals surface area contributed by atoms with Gasteiger partial charge in [-0.3, -0.25) is 0 Å². The molecule has 0 amide bonds. The first-order chi connectivity index (χ1) is 5.41. The largest absolute Gasteiger partial charge is 0.344 e. The van der Waals surface area contributed by atoms with Gasteiger partial charge in [0.15, 0.2) is 5.67 Å².